The minimum atomic E-state index is -0.299. The lowest BCUT2D eigenvalue weighted by molar-refractivity contribution is 0.0589. The smallest absolute Gasteiger partial charge is 0.254 e. The van der Waals surface area contributed by atoms with Gasteiger partial charge >= 0.3 is 0 Å². The van der Waals surface area contributed by atoms with Gasteiger partial charge in [-0.2, -0.15) is 0 Å². The minimum absolute atomic E-state index is 0.0441. The molecule has 0 saturated heterocycles. The van der Waals surface area contributed by atoms with Gasteiger partial charge in [0, 0.05) is 23.5 Å². The molecule has 0 saturated carbocycles. The zero-order valence-corrected chi connectivity index (χ0v) is 20.3. The van der Waals surface area contributed by atoms with Gasteiger partial charge in [-0.05, 0) is 79.9 Å². The summed E-state index contributed by atoms with van der Waals surface area (Å²) >= 11 is 0. The van der Waals surface area contributed by atoms with Crippen molar-refractivity contribution in [2.75, 3.05) is 34.5 Å². The Hall–Kier alpha value is -3.74. The molecule has 1 atom stereocenters. The highest BCUT2D eigenvalue weighted by atomic mass is 16.5. The third kappa shape index (κ3) is 4.78. The lowest BCUT2D eigenvalue weighted by Gasteiger charge is -2.37. The highest BCUT2D eigenvalue weighted by molar-refractivity contribution is 5.95. The molecule has 7 nitrogen and oxygen atoms in total. The van der Waals surface area contributed by atoms with Gasteiger partial charge in [0.1, 0.15) is 18.1 Å². The summed E-state index contributed by atoms with van der Waals surface area (Å²) in [6, 6.07) is 14.7. The fourth-order valence-electron chi connectivity index (χ4n) is 4.42. The summed E-state index contributed by atoms with van der Waals surface area (Å²) in [7, 11) is 4.87. The van der Waals surface area contributed by atoms with Gasteiger partial charge in [-0.1, -0.05) is 0 Å². The molecule has 1 unspecified atom stereocenters. The molecule has 1 aromatic heterocycles. The quantitative estimate of drug-likeness (QED) is 0.513. The van der Waals surface area contributed by atoms with E-state index in [1.165, 1.54) is 0 Å². The Kier molecular flexibility index (Phi) is 6.91. The van der Waals surface area contributed by atoms with Gasteiger partial charge in [0.05, 0.1) is 27.4 Å². The second-order valence-corrected chi connectivity index (χ2v) is 8.30. The Morgan fingerprint density at radius 3 is 2.15 bits per heavy atom. The predicted octanol–water partition coefficient (Wildman–Crippen LogP) is 4.54. The van der Waals surface area contributed by atoms with Crippen LogP contribution in [0.2, 0.25) is 0 Å². The van der Waals surface area contributed by atoms with Crippen LogP contribution in [0.1, 0.15) is 38.9 Å². The Balaban J connectivity index is 1.70. The van der Waals surface area contributed by atoms with E-state index in [0.29, 0.717) is 42.4 Å². The third-order valence-electron chi connectivity index (χ3n) is 6.06. The predicted molar refractivity (Wildman–Crippen MR) is 129 cm³/mol. The Bertz CT molecular complexity index is 1160. The van der Waals surface area contributed by atoms with E-state index in [9.17, 15) is 4.79 Å². The van der Waals surface area contributed by atoms with E-state index < -0.39 is 0 Å². The molecule has 178 valence electrons. The van der Waals surface area contributed by atoms with E-state index in [1.807, 2.05) is 67.3 Å². The zero-order chi connectivity index (χ0) is 24.2. The Morgan fingerprint density at radius 1 is 0.912 bits per heavy atom. The largest absolute Gasteiger partial charge is 0.497 e. The Labute approximate surface area is 200 Å². The number of hydrogen-bond donors (Lipinski definition) is 0. The number of ether oxygens (including phenoxy) is 4. The molecule has 7 heteroatoms. The molecule has 0 bridgehead atoms. The number of rotatable bonds is 7. The monoisotopic (exact) mass is 462 g/mol. The van der Waals surface area contributed by atoms with Gasteiger partial charge in [-0.15, -0.1) is 0 Å². The maximum atomic E-state index is 13.7. The van der Waals surface area contributed by atoms with Crippen molar-refractivity contribution in [2.45, 2.75) is 26.3 Å². The number of methoxy groups -OCH3 is 3. The summed E-state index contributed by atoms with van der Waals surface area (Å²) in [6.45, 7) is 4.66. The summed E-state index contributed by atoms with van der Waals surface area (Å²) in [5.41, 5.74) is 4.38. The van der Waals surface area contributed by atoms with E-state index in [0.717, 1.165) is 28.3 Å². The number of pyridine rings is 1. The van der Waals surface area contributed by atoms with Gasteiger partial charge in [0.15, 0.2) is 11.5 Å². The number of carbonyl (C=O) groups is 1. The molecular formula is C27H30N2O5. The normalized spacial score (nSPS) is 14.9. The highest BCUT2D eigenvalue weighted by Gasteiger charge is 2.33. The molecule has 0 aliphatic carbocycles. The van der Waals surface area contributed by atoms with E-state index in [4.69, 9.17) is 18.9 Å². The first kappa shape index (κ1) is 23.4. The number of aryl methyl sites for hydroxylation is 2. The lowest BCUT2D eigenvalue weighted by atomic mass is 9.91. The second-order valence-electron chi connectivity index (χ2n) is 8.30. The summed E-state index contributed by atoms with van der Waals surface area (Å²) < 4.78 is 22.5. The van der Waals surface area contributed by atoms with E-state index in [1.54, 1.807) is 21.3 Å². The topological polar surface area (TPSA) is 70.1 Å². The van der Waals surface area contributed by atoms with Crippen molar-refractivity contribution in [1.29, 1.82) is 0 Å². The van der Waals surface area contributed by atoms with Crippen molar-refractivity contribution in [3.8, 4) is 23.0 Å². The summed E-state index contributed by atoms with van der Waals surface area (Å²) in [5, 5.41) is 0. The number of carbonyl (C=O) groups excluding carboxylic acids is 1. The van der Waals surface area contributed by atoms with Gasteiger partial charge in [0.25, 0.3) is 5.91 Å². The van der Waals surface area contributed by atoms with Crippen LogP contribution in [0.25, 0.3) is 0 Å². The lowest BCUT2D eigenvalue weighted by Crippen LogP contribution is -2.42. The molecule has 1 aliphatic rings. The SMILES string of the molecule is COc1ccc(OCC2c3cc(OC)c(OC)cc3CCN2C(=O)c2cc(C)nc(C)c2)cc1. The van der Waals surface area contributed by atoms with Crippen molar-refractivity contribution >= 4 is 5.91 Å². The van der Waals surface area contributed by atoms with E-state index in [-0.39, 0.29) is 11.9 Å². The summed E-state index contributed by atoms with van der Waals surface area (Å²) in [4.78, 5) is 20.0. The first-order valence-electron chi connectivity index (χ1n) is 11.2. The molecule has 0 radical (unpaired) electrons. The standard InChI is InChI=1S/C27H30N2O5/c1-17-12-20(13-18(2)28-17)27(30)29-11-10-19-14-25(32-4)26(33-5)15-23(19)24(29)16-34-22-8-6-21(31-3)7-9-22/h6-9,12-15,24H,10-11,16H2,1-5H3. The number of nitrogens with zero attached hydrogens (tertiary/aromatic N) is 2. The number of fused-ring (bicyclic) bond motifs is 1. The van der Waals surface area contributed by atoms with Crippen molar-refractivity contribution in [3.05, 3.63) is 76.6 Å². The third-order valence-corrected chi connectivity index (χ3v) is 6.06. The van der Waals surface area contributed by atoms with Gasteiger partial charge < -0.3 is 23.8 Å². The maximum Gasteiger partial charge on any atom is 0.254 e. The molecule has 34 heavy (non-hydrogen) atoms. The van der Waals surface area contributed by atoms with E-state index >= 15 is 0 Å². The highest BCUT2D eigenvalue weighted by Crippen LogP contribution is 2.39. The van der Waals surface area contributed by atoms with Crippen LogP contribution < -0.4 is 18.9 Å². The molecule has 2 heterocycles. The van der Waals surface area contributed by atoms with Crippen LogP contribution in [-0.2, 0) is 6.42 Å². The minimum Gasteiger partial charge on any atom is -0.497 e. The average molecular weight is 463 g/mol. The molecule has 0 N–H and O–H groups in total. The number of benzene rings is 2. The fourth-order valence-corrected chi connectivity index (χ4v) is 4.42. The first-order valence-corrected chi connectivity index (χ1v) is 11.2. The van der Waals surface area contributed by atoms with Crippen LogP contribution >= 0.6 is 0 Å². The number of aromatic nitrogens is 1. The van der Waals surface area contributed by atoms with Gasteiger partial charge in [-0.3, -0.25) is 9.78 Å². The molecule has 0 fully saturated rings. The average Bonchev–Trinajstić information content (AvgIpc) is 2.85. The van der Waals surface area contributed by atoms with Crippen molar-refractivity contribution < 1.29 is 23.7 Å². The fraction of sp³-hybridized carbons (Fsp3) is 0.333. The van der Waals surface area contributed by atoms with Crippen LogP contribution in [0.3, 0.4) is 0 Å². The number of hydrogen-bond acceptors (Lipinski definition) is 6. The zero-order valence-electron chi connectivity index (χ0n) is 20.3. The van der Waals surface area contributed by atoms with Gasteiger partial charge in [0.2, 0.25) is 0 Å². The maximum absolute atomic E-state index is 13.7. The molecule has 0 spiro atoms. The van der Waals surface area contributed by atoms with Crippen molar-refractivity contribution in [1.82, 2.24) is 9.88 Å². The van der Waals surface area contributed by atoms with Crippen LogP contribution in [0, 0.1) is 13.8 Å². The summed E-state index contributed by atoms with van der Waals surface area (Å²) in [6.07, 6.45) is 0.712. The molecule has 3 aromatic rings. The van der Waals surface area contributed by atoms with Crippen LogP contribution in [-0.4, -0.2) is 50.3 Å². The molecule has 1 aliphatic heterocycles. The van der Waals surface area contributed by atoms with Crippen LogP contribution in [0.15, 0.2) is 48.5 Å². The number of amides is 1. The van der Waals surface area contributed by atoms with Crippen molar-refractivity contribution in [3.63, 3.8) is 0 Å². The first-order chi connectivity index (χ1) is 16.4. The molecule has 1 amide bonds. The summed E-state index contributed by atoms with van der Waals surface area (Å²) in [5.74, 6) is 2.72. The van der Waals surface area contributed by atoms with Crippen molar-refractivity contribution in [2.24, 2.45) is 0 Å². The van der Waals surface area contributed by atoms with Crippen LogP contribution in [0.4, 0.5) is 0 Å². The molecule has 4 rings (SSSR count). The second kappa shape index (κ2) is 10.0. The van der Waals surface area contributed by atoms with Crippen LogP contribution in [0.5, 0.6) is 23.0 Å². The molecular weight excluding hydrogens is 432 g/mol. The Morgan fingerprint density at radius 2 is 1.53 bits per heavy atom. The van der Waals surface area contributed by atoms with Gasteiger partial charge in [-0.25, -0.2) is 0 Å². The molecule has 2 aromatic carbocycles. The van der Waals surface area contributed by atoms with E-state index in [2.05, 4.69) is 4.98 Å².